The third kappa shape index (κ3) is 8.35. The summed E-state index contributed by atoms with van der Waals surface area (Å²) in [6.45, 7) is 2.84. The molecule has 146 valence electrons. The van der Waals surface area contributed by atoms with Gasteiger partial charge in [0.25, 0.3) is 5.91 Å². The smallest absolute Gasteiger partial charge is 0.262 e. The van der Waals surface area contributed by atoms with Crippen LogP contribution < -0.4 is 14.8 Å². The molecule has 0 aromatic heterocycles. The van der Waals surface area contributed by atoms with Crippen LogP contribution >= 0.6 is 31.9 Å². The number of unbranched alkanes of at least 4 members (excludes halogenated alkanes) is 4. The summed E-state index contributed by atoms with van der Waals surface area (Å²) in [4.78, 5) is 12.1. The maximum atomic E-state index is 12.1. The van der Waals surface area contributed by atoms with E-state index in [0.29, 0.717) is 18.0 Å². The number of benzene rings is 2. The highest BCUT2D eigenvalue weighted by Gasteiger charge is 2.07. The molecule has 1 amide bonds. The van der Waals surface area contributed by atoms with Gasteiger partial charge in [0.15, 0.2) is 6.61 Å². The summed E-state index contributed by atoms with van der Waals surface area (Å²) < 4.78 is 13.1. The molecule has 0 aliphatic heterocycles. The van der Waals surface area contributed by atoms with E-state index in [9.17, 15) is 4.79 Å². The van der Waals surface area contributed by atoms with Crippen LogP contribution in [0.1, 0.15) is 39.0 Å². The maximum Gasteiger partial charge on any atom is 0.262 e. The van der Waals surface area contributed by atoms with Crippen molar-refractivity contribution in [2.75, 3.05) is 18.5 Å². The van der Waals surface area contributed by atoms with E-state index in [2.05, 4.69) is 44.1 Å². The molecule has 6 heteroatoms. The minimum Gasteiger partial charge on any atom is -0.494 e. The van der Waals surface area contributed by atoms with Crippen LogP contribution in [0.25, 0.3) is 0 Å². The second-order valence-corrected chi connectivity index (χ2v) is 7.97. The van der Waals surface area contributed by atoms with Gasteiger partial charge in [0, 0.05) is 16.2 Å². The van der Waals surface area contributed by atoms with Crippen LogP contribution in [-0.4, -0.2) is 19.1 Å². The number of carbonyl (C=O) groups excluding carboxylic acids is 1. The fourth-order valence-corrected chi connectivity index (χ4v) is 3.65. The van der Waals surface area contributed by atoms with Crippen molar-refractivity contribution in [2.24, 2.45) is 0 Å². The summed E-state index contributed by atoms with van der Waals surface area (Å²) in [6.07, 6.45) is 6.01. The fraction of sp³-hybridized carbons (Fsp3) is 0.381. The van der Waals surface area contributed by atoms with Crippen LogP contribution in [0.2, 0.25) is 0 Å². The number of amides is 1. The molecule has 2 rings (SSSR count). The van der Waals surface area contributed by atoms with E-state index < -0.39 is 0 Å². The van der Waals surface area contributed by atoms with E-state index in [1.807, 2.05) is 36.4 Å². The van der Waals surface area contributed by atoms with Crippen LogP contribution in [0, 0.1) is 0 Å². The Balaban J connectivity index is 1.76. The number of anilines is 1. The highest BCUT2D eigenvalue weighted by Crippen LogP contribution is 2.28. The van der Waals surface area contributed by atoms with E-state index >= 15 is 0 Å². The van der Waals surface area contributed by atoms with Crippen molar-refractivity contribution in [3.05, 3.63) is 51.4 Å². The van der Waals surface area contributed by atoms with Crippen molar-refractivity contribution < 1.29 is 14.3 Å². The number of hydrogen-bond donors (Lipinski definition) is 1. The molecule has 0 radical (unpaired) electrons. The Morgan fingerprint density at radius 1 is 1.00 bits per heavy atom. The highest BCUT2D eigenvalue weighted by molar-refractivity contribution is 9.11. The van der Waals surface area contributed by atoms with Gasteiger partial charge in [-0.25, -0.2) is 0 Å². The van der Waals surface area contributed by atoms with Gasteiger partial charge in [-0.1, -0.05) is 54.6 Å². The first kappa shape index (κ1) is 21.8. The molecule has 0 unspecified atom stereocenters. The van der Waals surface area contributed by atoms with Crippen LogP contribution in [0.3, 0.4) is 0 Å². The van der Waals surface area contributed by atoms with E-state index in [0.717, 1.165) is 21.1 Å². The summed E-state index contributed by atoms with van der Waals surface area (Å²) in [5, 5.41) is 2.83. The van der Waals surface area contributed by atoms with Crippen LogP contribution in [0.15, 0.2) is 51.4 Å². The number of halogens is 2. The second-order valence-electron chi connectivity index (χ2n) is 6.20. The zero-order valence-corrected chi connectivity index (χ0v) is 18.6. The fourth-order valence-electron chi connectivity index (χ4n) is 2.49. The van der Waals surface area contributed by atoms with Crippen molar-refractivity contribution in [3.63, 3.8) is 0 Å². The molecule has 2 aromatic rings. The van der Waals surface area contributed by atoms with Crippen molar-refractivity contribution in [1.82, 2.24) is 0 Å². The third-order valence-corrected chi connectivity index (χ3v) is 5.00. The number of ether oxygens (including phenoxy) is 2. The van der Waals surface area contributed by atoms with Gasteiger partial charge in [-0.15, -0.1) is 0 Å². The van der Waals surface area contributed by atoms with Gasteiger partial charge >= 0.3 is 0 Å². The Hall–Kier alpha value is -1.53. The van der Waals surface area contributed by atoms with E-state index in [1.54, 1.807) is 6.07 Å². The van der Waals surface area contributed by atoms with Crippen molar-refractivity contribution in [3.8, 4) is 11.5 Å². The van der Waals surface area contributed by atoms with Gasteiger partial charge in [-0.2, -0.15) is 0 Å². The molecular weight excluding hydrogens is 474 g/mol. The number of nitrogens with one attached hydrogen (secondary N) is 1. The second kappa shape index (κ2) is 12.0. The molecule has 1 N–H and O–H groups in total. The lowest BCUT2D eigenvalue weighted by Gasteiger charge is -2.11. The molecule has 0 heterocycles. The van der Waals surface area contributed by atoms with Crippen molar-refractivity contribution >= 4 is 43.5 Å². The minimum absolute atomic E-state index is 0.0667. The standard InChI is InChI=1S/C21H25Br2NO3/c1-2-3-4-5-6-12-26-18-9-7-8-17(14-18)24-21(25)15-27-20-11-10-16(22)13-19(20)23/h7-11,13-14H,2-6,12,15H2,1H3,(H,24,25). The van der Waals surface area contributed by atoms with Gasteiger partial charge in [-0.05, 0) is 52.7 Å². The summed E-state index contributed by atoms with van der Waals surface area (Å²) in [7, 11) is 0. The molecule has 0 spiro atoms. The molecule has 27 heavy (non-hydrogen) atoms. The summed E-state index contributed by atoms with van der Waals surface area (Å²) in [5.74, 6) is 1.16. The summed E-state index contributed by atoms with van der Waals surface area (Å²) in [5.41, 5.74) is 0.696. The molecule has 0 aliphatic carbocycles. The first-order valence-corrected chi connectivity index (χ1v) is 10.8. The predicted octanol–water partition coefficient (Wildman–Crippen LogP) is 6.58. The largest absolute Gasteiger partial charge is 0.494 e. The Kier molecular flexibility index (Phi) is 9.70. The lowest BCUT2D eigenvalue weighted by molar-refractivity contribution is -0.118. The van der Waals surface area contributed by atoms with Crippen LogP contribution in [0.5, 0.6) is 11.5 Å². The SMILES string of the molecule is CCCCCCCOc1cccc(NC(=O)COc2ccc(Br)cc2Br)c1. The number of hydrogen-bond acceptors (Lipinski definition) is 3. The quantitative estimate of drug-likeness (QED) is 0.356. The Morgan fingerprint density at radius 2 is 1.81 bits per heavy atom. The van der Waals surface area contributed by atoms with Gasteiger partial charge in [0.05, 0.1) is 11.1 Å². The van der Waals surface area contributed by atoms with E-state index in [4.69, 9.17) is 9.47 Å². The van der Waals surface area contributed by atoms with Gasteiger partial charge < -0.3 is 14.8 Å². The first-order chi connectivity index (χ1) is 13.1. The lowest BCUT2D eigenvalue weighted by atomic mass is 10.2. The molecular formula is C21H25Br2NO3. The van der Waals surface area contributed by atoms with Crippen LogP contribution in [-0.2, 0) is 4.79 Å². The molecule has 0 fully saturated rings. The molecule has 0 saturated heterocycles. The minimum atomic E-state index is -0.221. The normalized spacial score (nSPS) is 10.5. The average Bonchev–Trinajstić information content (AvgIpc) is 2.64. The topological polar surface area (TPSA) is 47.6 Å². The van der Waals surface area contributed by atoms with Gasteiger partial charge in [0.2, 0.25) is 0 Å². The summed E-state index contributed by atoms with van der Waals surface area (Å²) >= 11 is 6.80. The monoisotopic (exact) mass is 497 g/mol. The number of carbonyl (C=O) groups is 1. The van der Waals surface area contributed by atoms with Gasteiger partial charge in [0.1, 0.15) is 11.5 Å². The Labute approximate surface area is 177 Å². The lowest BCUT2D eigenvalue weighted by Crippen LogP contribution is -2.20. The predicted molar refractivity (Wildman–Crippen MR) is 117 cm³/mol. The molecule has 0 bridgehead atoms. The zero-order valence-electron chi connectivity index (χ0n) is 15.5. The molecule has 2 aromatic carbocycles. The van der Waals surface area contributed by atoms with E-state index in [1.165, 1.54) is 25.7 Å². The van der Waals surface area contributed by atoms with Crippen LogP contribution in [0.4, 0.5) is 5.69 Å². The Bertz CT molecular complexity index is 737. The Morgan fingerprint density at radius 3 is 2.59 bits per heavy atom. The highest BCUT2D eigenvalue weighted by atomic mass is 79.9. The average molecular weight is 499 g/mol. The molecule has 0 saturated carbocycles. The first-order valence-electron chi connectivity index (χ1n) is 9.19. The number of rotatable bonds is 11. The molecule has 0 atom stereocenters. The van der Waals surface area contributed by atoms with Crippen molar-refractivity contribution in [2.45, 2.75) is 39.0 Å². The third-order valence-electron chi connectivity index (χ3n) is 3.89. The summed E-state index contributed by atoms with van der Waals surface area (Å²) in [6, 6.07) is 13.0. The molecule has 0 aliphatic rings. The zero-order chi connectivity index (χ0) is 19.5. The van der Waals surface area contributed by atoms with Gasteiger partial charge in [-0.3, -0.25) is 4.79 Å². The van der Waals surface area contributed by atoms with Crippen molar-refractivity contribution in [1.29, 1.82) is 0 Å². The molecule has 4 nitrogen and oxygen atoms in total. The van der Waals surface area contributed by atoms with E-state index in [-0.39, 0.29) is 12.5 Å². The maximum absolute atomic E-state index is 12.1.